The van der Waals surface area contributed by atoms with Crippen molar-refractivity contribution in [1.82, 2.24) is 5.32 Å². The van der Waals surface area contributed by atoms with Gasteiger partial charge in [0.05, 0.1) is 0 Å². The number of hydrogen-bond donors (Lipinski definition) is 1. The van der Waals surface area contributed by atoms with Crippen molar-refractivity contribution in [2.24, 2.45) is 0 Å². The predicted molar refractivity (Wildman–Crippen MR) is 78.2 cm³/mol. The van der Waals surface area contributed by atoms with E-state index in [4.69, 9.17) is 23.2 Å². The third-order valence-electron chi connectivity index (χ3n) is 2.83. The number of nitrogens with one attached hydrogen (secondary N) is 1. The van der Waals surface area contributed by atoms with E-state index in [1.54, 1.807) is 6.07 Å². The van der Waals surface area contributed by atoms with Gasteiger partial charge < -0.3 is 5.32 Å². The molecule has 1 nitrogen and oxygen atoms in total. The van der Waals surface area contributed by atoms with E-state index in [1.165, 1.54) is 5.56 Å². The van der Waals surface area contributed by atoms with Gasteiger partial charge in [-0.15, -0.1) is 0 Å². The maximum atomic E-state index is 5.97. The first-order chi connectivity index (χ1) is 8.65. The van der Waals surface area contributed by atoms with Crippen LogP contribution < -0.4 is 5.32 Å². The summed E-state index contributed by atoms with van der Waals surface area (Å²) < 4.78 is 0. The molecule has 0 saturated carbocycles. The summed E-state index contributed by atoms with van der Waals surface area (Å²) in [6, 6.07) is 16.2. The molecule has 0 saturated heterocycles. The fourth-order valence-corrected chi connectivity index (χ4v) is 2.41. The molecule has 2 aromatic rings. The zero-order chi connectivity index (χ0) is 13.0. The molecule has 0 aliphatic heterocycles. The lowest BCUT2D eigenvalue weighted by atomic mass is 10.1. The molecule has 0 aliphatic rings. The van der Waals surface area contributed by atoms with E-state index in [2.05, 4.69) is 24.4 Å². The van der Waals surface area contributed by atoms with Crippen LogP contribution in [0.5, 0.6) is 0 Å². The molecular formula is C15H15Cl2N. The zero-order valence-electron chi connectivity index (χ0n) is 10.2. The number of benzene rings is 2. The van der Waals surface area contributed by atoms with Gasteiger partial charge in [0.1, 0.15) is 0 Å². The molecule has 1 N–H and O–H groups in total. The first kappa shape index (κ1) is 13.4. The second kappa shape index (κ2) is 6.24. The van der Waals surface area contributed by atoms with E-state index in [1.807, 2.05) is 30.3 Å². The maximum absolute atomic E-state index is 5.97. The van der Waals surface area contributed by atoms with Gasteiger partial charge in [-0.25, -0.2) is 0 Å². The molecule has 0 aliphatic carbocycles. The van der Waals surface area contributed by atoms with Gasteiger partial charge in [0.2, 0.25) is 0 Å². The van der Waals surface area contributed by atoms with E-state index in [0.717, 1.165) is 12.1 Å². The van der Waals surface area contributed by atoms with E-state index >= 15 is 0 Å². The molecule has 1 unspecified atom stereocenters. The van der Waals surface area contributed by atoms with Crippen LogP contribution in [-0.2, 0) is 6.54 Å². The van der Waals surface area contributed by atoms with Crippen LogP contribution in [0.3, 0.4) is 0 Å². The number of hydrogen-bond acceptors (Lipinski definition) is 1. The Hall–Kier alpha value is -1.02. The van der Waals surface area contributed by atoms with Crippen LogP contribution in [0.25, 0.3) is 0 Å². The molecule has 18 heavy (non-hydrogen) atoms. The molecule has 0 aromatic heterocycles. The molecule has 2 rings (SSSR count). The smallest absolute Gasteiger partial charge is 0.0424 e. The molecule has 0 amide bonds. The average molecular weight is 280 g/mol. The quantitative estimate of drug-likeness (QED) is 0.844. The van der Waals surface area contributed by atoms with Crippen molar-refractivity contribution >= 4 is 23.2 Å². The normalized spacial score (nSPS) is 12.4. The van der Waals surface area contributed by atoms with Gasteiger partial charge in [-0.1, -0.05) is 53.5 Å². The van der Waals surface area contributed by atoms with Gasteiger partial charge in [-0.3, -0.25) is 0 Å². The maximum Gasteiger partial charge on any atom is 0.0424 e. The van der Waals surface area contributed by atoms with E-state index in [0.29, 0.717) is 16.1 Å². The summed E-state index contributed by atoms with van der Waals surface area (Å²) in [5.41, 5.74) is 2.36. The monoisotopic (exact) mass is 279 g/mol. The lowest BCUT2D eigenvalue weighted by Crippen LogP contribution is -2.17. The Kier molecular flexibility index (Phi) is 4.65. The van der Waals surface area contributed by atoms with Gasteiger partial charge in [0, 0.05) is 22.6 Å². The van der Waals surface area contributed by atoms with Gasteiger partial charge in [0.15, 0.2) is 0 Å². The minimum atomic E-state index is 0.295. The summed E-state index contributed by atoms with van der Waals surface area (Å²) in [5.74, 6) is 0. The highest BCUT2D eigenvalue weighted by Crippen LogP contribution is 2.20. The molecular weight excluding hydrogens is 265 g/mol. The highest BCUT2D eigenvalue weighted by atomic mass is 35.5. The van der Waals surface area contributed by atoms with E-state index < -0.39 is 0 Å². The summed E-state index contributed by atoms with van der Waals surface area (Å²) in [5, 5.41) is 4.80. The third-order valence-corrected chi connectivity index (χ3v) is 3.27. The Bertz CT molecular complexity index is 491. The highest BCUT2D eigenvalue weighted by molar-refractivity contribution is 6.34. The van der Waals surface area contributed by atoms with Gasteiger partial charge in [-0.05, 0) is 36.2 Å². The van der Waals surface area contributed by atoms with Crippen LogP contribution in [0.1, 0.15) is 24.1 Å². The Morgan fingerprint density at radius 2 is 1.61 bits per heavy atom. The van der Waals surface area contributed by atoms with Crippen molar-refractivity contribution in [2.75, 3.05) is 0 Å². The summed E-state index contributed by atoms with van der Waals surface area (Å²) in [6.07, 6.45) is 0. The SMILES string of the molecule is CC(NCc1cc(Cl)cc(Cl)c1)c1ccccc1. The van der Waals surface area contributed by atoms with Crippen molar-refractivity contribution in [2.45, 2.75) is 19.5 Å². The lowest BCUT2D eigenvalue weighted by molar-refractivity contribution is 0.575. The van der Waals surface area contributed by atoms with Crippen LogP contribution in [0.15, 0.2) is 48.5 Å². The zero-order valence-corrected chi connectivity index (χ0v) is 11.7. The minimum Gasteiger partial charge on any atom is -0.306 e. The largest absolute Gasteiger partial charge is 0.306 e. The summed E-state index contributed by atoms with van der Waals surface area (Å²) >= 11 is 11.9. The third kappa shape index (κ3) is 3.74. The first-order valence-electron chi connectivity index (χ1n) is 5.88. The fraction of sp³-hybridized carbons (Fsp3) is 0.200. The molecule has 0 heterocycles. The number of rotatable bonds is 4. The minimum absolute atomic E-state index is 0.295. The first-order valence-corrected chi connectivity index (χ1v) is 6.64. The summed E-state index contributed by atoms with van der Waals surface area (Å²) in [4.78, 5) is 0. The molecule has 2 aromatic carbocycles. The summed E-state index contributed by atoms with van der Waals surface area (Å²) in [7, 11) is 0. The second-order valence-electron chi connectivity index (χ2n) is 4.29. The van der Waals surface area contributed by atoms with Gasteiger partial charge in [0.25, 0.3) is 0 Å². The van der Waals surface area contributed by atoms with Crippen molar-refractivity contribution in [3.8, 4) is 0 Å². The van der Waals surface area contributed by atoms with Crippen molar-refractivity contribution in [3.63, 3.8) is 0 Å². The Morgan fingerprint density at radius 3 is 2.22 bits per heavy atom. The fourth-order valence-electron chi connectivity index (χ4n) is 1.84. The Morgan fingerprint density at radius 1 is 1.00 bits per heavy atom. The molecule has 0 bridgehead atoms. The van der Waals surface area contributed by atoms with Crippen molar-refractivity contribution < 1.29 is 0 Å². The summed E-state index contributed by atoms with van der Waals surface area (Å²) in [6.45, 7) is 2.89. The molecule has 0 spiro atoms. The van der Waals surface area contributed by atoms with Crippen LogP contribution in [0.4, 0.5) is 0 Å². The van der Waals surface area contributed by atoms with Crippen LogP contribution in [0.2, 0.25) is 10.0 Å². The van der Waals surface area contributed by atoms with Crippen LogP contribution in [-0.4, -0.2) is 0 Å². The van der Waals surface area contributed by atoms with Crippen LogP contribution in [0, 0.1) is 0 Å². The van der Waals surface area contributed by atoms with Crippen molar-refractivity contribution in [3.05, 3.63) is 69.7 Å². The lowest BCUT2D eigenvalue weighted by Gasteiger charge is -2.14. The molecule has 3 heteroatoms. The standard InChI is InChI=1S/C15H15Cl2N/c1-11(13-5-3-2-4-6-13)18-10-12-7-14(16)9-15(17)8-12/h2-9,11,18H,10H2,1H3. The number of halogens is 2. The van der Waals surface area contributed by atoms with Gasteiger partial charge in [-0.2, -0.15) is 0 Å². The Labute approximate surface area is 118 Å². The topological polar surface area (TPSA) is 12.0 Å². The molecule has 0 radical (unpaired) electrons. The molecule has 94 valence electrons. The van der Waals surface area contributed by atoms with E-state index in [9.17, 15) is 0 Å². The second-order valence-corrected chi connectivity index (χ2v) is 5.16. The van der Waals surface area contributed by atoms with Crippen molar-refractivity contribution in [1.29, 1.82) is 0 Å². The van der Waals surface area contributed by atoms with Gasteiger partial charge >= 0.3 is 0 Å². The molecule has 1 atom stereocenters. The highest BCUT2D eigenvalue weighted by Gasteiger charge is 2.04. The van der Waals surface area contributed by atoms with Crippen LogP contribution >= 0.6 is 23.2 Å². The van der Waals surface area contributed by atoms with E-state index in [-0.39, 0.29) is 0 Å². The predicted octanol–water partition coefficient (Wildman–Crippen LogP) is 4.84. The Balaban J connectivity index is 1.99. The molecule has 0 fully saturated rings. The average Bonchev–Trinajstić information content (AvgIpc) is 2.36.